The monoisotopic (exact) mass is 406 g/mol. The van der Waals surface area contributed by atoms with Gasteiger partial charge < -0.3 is 5.32 Å². The molecule has 10 heteroatoms. The van der Waals surface area contributed by atoms with Crippen molar-refractivity contribution in [1.82, 2.24) is 19.9 Å². The van der Waals surface area contributed by atoms with Gasteiger partial charge in [-0.25, -0.2) is 0 Å². The van der Waals surface area contributed by atoms with Gasteiger partial charge in [0.1, 0.15) is 0 Å². The van der Waals surface area contributed by atoms with Gasteiger partial charge in [-0.3, -0.25) is 9.20 Å². The predicted molar refractivity (Wildman–Crippen MR) is 93.3 cm³/mol. The molecule has 1 amide bonds. The number of pyridine rings is 1. The van der Waals surface area contributed by atoms with Crippen LogP contribution in [0.1, 0.15) is 44.6 Å². The van der Waals surface area contributed by atoms with Crippen molar-refractivity contribution >= 4 is 34.9 Å². The first-order valence-corrected chi connectivity index (χ1v) is 9.60. The molecule has 1 aliphatic carbocycles. The maximum absolute atomic E-state index is 13.0. The molecule has 0 spiro atoms. The van der Waals surface area contributed by atoms with Crippen LogP contribution in [0.15, 0.2) is 17.4 Å². The molecular formula is C16H18ClF3N4OS. The molecular weight excluding hydrogens is 389 g/mol. The lowest BCUT2D eigenvalue weighted by molar-refractivity contribution is -0.137. The summed E-state index contributed by atoms with van der Waals surface area (Å²) in [6, 6.07) is 0.986. The molecule has 1 N–H and O–H groups in total. The van der Waals surface area contributed by atoms with Crippen molar-refractivity contribution in [3.8, 4) is 0 Å². The minimum absolute atomic E-state index is 0.127. The highest BCUT2D eigenvalue weighted by atomic mass is 35.5. The van der Waals surface area contributed by atoms with Crippen LogP contribution in [0.2, 0.25) is 5.02 Å². The fourth-order valence-electron chi connectivity index (χ4n) is 2.95. The quantitative estimate of drug-likeness (QED) is 0.768. The van der Waals surface area contributed by atoms with Crippen molar-refractivity contribution in [3.05, 3.63) is 22.8 Å². The van der Waals surface area contributed by atoms with E-state index in [1.807, 2.05) is 0 Å². The minimum atomic E-state index is -4.53. The van der Waals surface area contributed by atoms with Gasteiger partial charge in [-0.05, 0) is 25.8 Å². The number of alkyl halides is 3. The number of carbonyl (C=O) groups excluding carboxylic acids is 1. The van der Waals surface area contributed by atoms with Crippen LogP contribution in [0.3, 0.4) is 0 Å². The van der Waals surface area contributed by atoms with E-state index in [-0.39, 0.29) is 27.8 Å². The van der Waals surface area contributed by atoms with Crippen LogP contribution in [0.25, 0.3) is 5.65 Å². The third-order valence-corrected chi connectivity index (χ3v) is 5.69. The Kier molecular flexibility index (Phi) is 5.67. The first-order chi connectivity index (χ1) is 12.3. The van der Waals surface area contributed by atoms with Crippen molar-refractivity contribution in [2.24, 2.45) is 0 Å². The standard InChI is InChI=1S/C16H18ClF3N4OS/c1-9(14(25)21-11-5-3-2-4-6-11)26-15-23-22-13-12(17)7-10(8-24(13)15)16(18,19)20/h7-9,11H,2-6H2,1H3,(H,21,25)/t9-/m1/s1. The molecule has 26 heavy (non-hydrogen) atoms. The number of aromatic nitrogens is 3. The van der Waals surface area contributed by atoms with E-state index >= 15 is 0 Å². The lowest BCUT2D eigenvalue weighted by Crippen LogP contribution is -2.40. The summed E-state index contributed by atoms with van der Waals surface area (Å²) >= 11 is 6.95. The molecule has 2 aromatic rings. The summed E-state index contributed by atoms with van der Waals surface area (Å²) in [7, 11) is 0. The van der Waals surface area contributed by atoms with Gasteiger partial charge in [0.15, 0.2) is 10.8 Å². The zero-order chi connectivity index (χ0) is 18.9. The molecule has 3 rings (SSSR count). The summed E-state index contributed by atoms with van der Waals surface area (Å²) in [5.74, 6) is -0.156. The Morgan fingerprint density at radius 1 is 1.35 bits per heavy atom. The van der Waals surface area contributed by atoms with E-state index in [4.69, 9.17) is 11.6 Å². The summed E-state index contributed by atoms with van der Waals surface area (Å²) in [6.45, 7) is 1.69. The van der Waals surface area contributed by atoms with Crippen LogP contribution in [-0.2, 0) is 11.0 Å². The molecule has 2 heterocycles. The van der Waals surface area contributed by atoms with Crippen molar-refractivity contribution in [2.75, 3.05) is 0 Å². The Morgan fingerprint density at radius 2 is 2.04 bits per heavy atom. The third-order valence-electron chi connectivity index (χ3n) is 4.36. The molecule has 0 aromatic carbocycles. The molecule has 0 unspecified atom stereocenters. The molecule has 5 nitrogen and oxygen atoms in total. The number of hydrogen-bond donors (Lipinski definition) is 1. The zero-order valence-corrected chi connectivity index (χ0v) is 15.6. The van der Waals surface area contributed by atoms with Gasteiger partial charge in [0.05, 0.1) is 15.8 Å². The van der Waals surface area contributed by atoms with Crippen LogP contribution < -0.4 is 5.32 Å². The lowest BCUT2D eigenvalue weighted by atomic mass is 9.95. The molecule has 0 aliphatic heterocycles. The second kappa shape index (κ2) is 7.64. The molecule has 0 radical (unpaired) electrons. The summed E-state index contributed by atoms with van der Waals surface area (Å²) in [5.41, 5.74) is -0.766. The van der Waals surface area contributed by atoms with Crippen LogP contribution in [0.4, 0.5) is 13.2 Å². The zero-order valence-electron chi connectivity index (χ0n) is 14.0. The number of nitrogens with zero attached hydrogens (tertiary/aromatic N) is 3. The van der Waals surface area contributed by atoms with Crippen LogP contribution in [0.5, 0.6) is 0 Å². The Bertz CT molecular complexity index is 805. The highest BCUT2D eigenvalue weighted by Gasteiger charge is 2.32. The number of hydrogen-bond acceptors (Lipinski definition) is 4. The van der Waals surface area contributed by atoms with Gasteiger partial charge in [-0.2, -0.15) is 13.2 Å². The number of amides is 1. The second-order valence-electron chi connectivity index (χ2n) is 6.35. The Labute approximate surface area is 157 Å². The van der Waals surface area contributed by atoms with E-state index in [0.717, 1.165) is 49.7 Å². The van der Waals surface area contributed by atoms with Crippen molar-refractivity contribution in [3.63, 3.8) is 0 Å². The summed E-state index contributed by atoms with van der Waals surface area (Å²) in [6.07, 6.45) is 1.66. The van der Waals surface area contributed by atoms with Gasteiger partial charge in [0.25, 0.3) is 0 Å². The fraction of sp³-hybridized carbons (Fsp3) is 0.562. The molecule has 1 atom stereocenters. The van der Waals surface area contributed by atoms with E-state index in [1.54, 1.807) is 6.92 Å². The first kappa shape index (κ1) is 19.3. The minimum Gasteiger partial charge on any atom is -0.352 e. The summed E-state index contributed by atoms with van der Waals surface area (Å²) < 4.78 is 40.2. The maximum atomic E-state index is 13.0. The third kappa shape index (κ3) is 4.25. The molecule has 1 saturated carbocycles. The van der Waals surface area contributed by atoms with Crippen LogP contribution >= 0.6 is 23.4 Å². The summed E-state index contributed by atoms with van der Waals surface area (Å²) in [5, 5.41) is 10.3. The SMILES string of the molecule is C[C@@H](Sc1nnc2c(Cl)cc(C(F)(F)F)cn12)C(=O)NC1CCCCC1. The first-order valence-electron chi connectivity index (χ1n) is 8.34. The maximum Gasteiger partial charge on any atom is 0.417 e. The number of carbonyl (C=O) groups is 1. The number of nitrogens with one attached hydrogen (secondary N) is 1. The van der Waals surface area contributed by atoms with Gasteiger partial charge >= 0.3 is 6.18 Å². The van der Waals surface area contributed by atoms with Crippen LogP contribution in [-0.4, -0.2) is 31.8 Å². The topological polar surface area (TPSA) is 59.3 Å². The van der Waals surface area contributed by atoms with E-state index in [9.17, 15) is 18.0 Å². The van der Waals surface area contributed by atoms with Gasteiger partial charge in [-0.1, -0.05) is 42.6 Å². The van der Waals surface area contributed by atoms with E-state index in [0.29, 0.717) is 0 Å². The Morgan fingerprint density at radius 3 is 2.69 bits per heavy atom. The Hall–Kier alpha value is -1.48. The average molecular weight is 407 g/mol. The number of halogens is 4. The lowest BCUT2D eigenvalue weighted by Gasteiger charge is -2.24. The van der Waals surface area contributed by atoms with Gasteiger partial charge in [-0.15, -0.1) is 10.2 Å². The number of rotatable bonds is 4. The van der Waals surface area contributed by atoms with E-state index in [2.05, 4.69) is 15.5 Å². The van der Waals surface area contributed by atoms with Gasteiger partial charge in [0.2, 0.25) is 5.91 Å². The fourth-order valence-corrected chi connectivity index (χ4v) is 4.02. The van der Waals surface area contributed by atoms with Crippen molar-refractivity contribution in [1.29, 1.82) is 0 Å². The highest BCUT2D eigenvalue weighted by Crippen LogP contribution is 2.33. The highest BCUT2D eigenvalue weighted by molar-refractivity contribution is 8.00. The van der Waals surface area contributed by atoms with Gasteiger partial charge in [0, 0.05) is 12.2 Å². The largest absolute Gasteiger partial charge is 0.417 e. The normalized spacial score (nSPS) is 17.4. The van der Waals surface area contributed by atoms with Crippen molar-refractivity contribution < 1.29 is 18.0 Å². The Balaban J connectivity index is 1.77. The molecule has 0 bridgehead atoms. The van der Waals surface area contributed by atoms with E-state index in [1.165, 1.54) is 10.8 Å². The molecule has 2 aromatic heterocycles. The molecule has 1 fully saturated rings. The number of fused-ring (bicyclic) bond motifs is 1. The summed E-state index contributed by atoms with van der Waals surface area (Å²) in [4.78, 5) is 12.4. The molecule has 142 valence electrons. The molecule has 0 saturated heterocycles. The van der Waals surface area contributed by atoms with E-state index < -0.39 is 17.0 Å². The number of thioether (sulfide) groups is 1. The average Bonchev–Trinajstić information content (AvgIpc) is 2.98. The van der Waals surface area contributed by atoms with Crippen LogP contribution in [0, 0.1) is 0 Å². The molecule has 1 aliphatic rings. The van der Waals surface area contributed by atoms with Crippen molar-refractivity contribution in [2.45, 2.75) is 61.7 Å². The smallest absolute Gasteiger partial charge is 0.352 e. The second-order valence-corrected chi connectivity index (χ2v) is 8.07. The predicted octanol–water partition coefficient (Wildman–Crippen LogP) is 4.33.